The van der Waals surface area contributed by atoms with E-state index in [4.69, 9.17) is 0 Å². The molecule has 0 amide bonds. The number of carbonyl (C=O) groups is 3. The van der Waals surface area contributed by atoms with E-state index in [1.807, 2.05) is 6.08 Å². The summed E-state index contributed by atoms with van der Waals surface area (Å²) in [6.07, 6.45) is 10.9. The van der Waals surface area contributed by atoms with Gasteiger partial charge in [-0.3, -0.25) is 14.4 Å². The molecule has 6 unspecified atom stereocenters. The van der Waals surface area contributed by atoms with Gasteiger partial charge in [-0.2, -0.15) is 0 Å². The number of Topliss-reactive ketones (excluding diaryl/α,β-unsaturated/α-hetero) is 2. The molecule has 6 heteroatoms. The van der Waals surface area contributed by atoms with Crippen molar-refractivity contribution in [2.24, 2.45) is 34.5 Å². The largest absolute Gasteiger partial charge is 0.299 e. The number of nitrogens with zero attached hydrogens (tertiary/aromatic N) is 2. The van der Waals surface area contributed by atoms with Crippen molar-refractivity contribution in [3.05, 3.63) is 30.1 Å². The first-order valence-electron chi connectivity index (χ1n) is 11.5. The smallest absolute Gasteiger partial charge is 0.187 e. The molecule has 0 radical (unpaired) electrons. The molecule has 0 aromatic carbocycles. The van der Waals surface area contributed by atoms with E-state index in [1.54, 1.807) is 18.5 Å². The highest BCUT2D eigenvalue weighted by atomic mass is 32.2. The minimum atomic E-state index is -0.241. The lowest BCUT2D eigenvalue weighted by Crippen LogP contribution is -2.55. The van der Waals surface area contributed by atoms with Crippen molar-refractivity contribution in [1.82, 2.24) is 9.97 Å². The zero-order valence-electron chi connectivity index (χ0n) is 18.3. The van der Waals surface area contributed by atoms with E-state index in [9.17, 15) is 14.4 Å². The van der Waals surface area contributed by atoms with Gasteiger partial charge in [0.25, 0.3) is 0 Å². The quantitative estimate of drug-likeness (QED) is 0.510. The molecule has 0 bridgehead atoms. The lowest BCUT2D eigenvalue weighted by atomic mass is 9.46. The molecule has 5 rings (SSSR count). The van der Waals surface area contributed by atoms with Crippen LogP contribution in [0.5, 0.6) is 0 Å². The Hall–Kier alpha value is -1.82. The Morgan fingerprint density at radius 1 is 1.13 bits per heavy atom. The second kappa shape index (κ2) is 7.65. The Kier molecular flexibility index (Phi) is 5.19. The van der Waals surface area contributed by atoms with E-state index >= 15 is 0 Å². The van der Waals surface area contributed by atoms with Crippen LogP contribution in [0.15, 0.2) is 35.3 Å². The van der Waals surface area contributed by atoms with Crippen molar-refractivity contribution in [2.75, 3.05) is 5.75 Å². The number of hydrogen-bond acceptors (Lipinski definition) is 6. The summed E-state index contributed by atoms with van der Waals surface area (Å²) in [5, 5.41) is 0.627. The highest BCUT2D eigenvalue weighted by molar-refractivity contribution is 7.99. The summed E-state index contributed by atoms with van der Waals surface area (Å²) in [6, 6.07) is 1.77. The van der Waals surface area contributed by atoms with E-state index in [0.29, 0.717) is 41.4 Å². The van der Waals surface area contributed by atoms with Crippen molar-refractivity contribution in [2.45, 2.75) is 63.9 Å². The number of carbonyl (C=O) groups excluding carboxylic acids is 3. The van der Waals surface area contributed by atoms with Gasteiger partial charge in [0.05, 0.1) is 5.75 Å². The second-order valence-electron chi connectivity index (χ2n) is 10.4. The SMILES string of the molecule is CC12CCC(=O)C=C1CCC1C2C(=O)CC2(C)C(C(=O)CSc3ncccn3)CCC12. The predicted octanol–water partition coefficient (Wildman–Crippen LogP) is 4.46. The molecule has 0 N–H and O–H groups in total. The fraction of sp³-hybridized carbons (Fsp3) is 0.640. The van der Waals surface area contributed by atoms with Crippen LogP contribution in [0, 0.1) is 34.5 Å². The number of fused-ring (bicyclic) bond motifs is 5. The lowest BCUT2D eigenvalue weighted by molar-refractivity contribution is -0.148. The molecule has 1 aromatic heterocycles. The van der Waals surface area contributed by atoms with Gasteiger partial charge in [0, 0.05) is 37.1 Å². The second-order valence-corrected chi connectivity index (χ2v) is 11.3. The molecule has 4 aliphatic rings. The fourth-order valence-electron chi connectivity index (χ4n) is 7.51. The number of thioether (sulfide) groups is 1. The molecule has 1 heterocycles. The van der Waals surface area contributed by atoms with Crippen LogP contribution in [-0.2, 0) is 14.4 Å². The number of rotatable bonds is 4. The average Bonchev–Trinajstić information content (AvgIpc) is 3.09. The normalized spacial score (nSPS) is 39.4. The predicted molar refractivity (Wildman–Crippen MR) is 118 cm³/mol. The zero-order chi connectivity index (χ0) is 21.8. The van der Waals surface area contributed by atoms with Gasteiger partial charge in [0.1, 0.15) is 11.6 Å². The van der Waals surface area contributed by atoms with Gasteiger partial charge >= 0.3 is 0 Å². The van der Waals surface area contributed by atoms with Gasteiger partial charge in [0.2, 0.25) is 0 Å². The van der Waals surface area contributed by atoms with Crippen LogP contribution in [-0.4, -0.2) is 33.1 Å². The average molecular weight is 439 g/mol. The molecule has 3 saturated carbocycles. The maximum Gasteiger partial charge on any atom is 0.187 e. The molecule has 0 saturated heterocycles. The zero-order valence-corrected chi connectivity index (χ0v) is 19.1. The standard InChI is InChI=1S/C25H30N2O3S/c1-24-9-8-16(28)12-15(24)4-5-17-18-6-7-19(25(18,2)13-20(29)22(17)24)21(30)14-31-23-26-10-3-11-27-23/h3,10-12,17-19,22H,4-9,13-14H2,1-2H3. The maximum absolute atomic E-state index is 13.6. The summed E-state index contributed by atoms with van der Waals surface area (Å²) in [4.78, 5) is 47.3. The van der Waals surface area contributed by atoms with Gasteiger partial charge in [-0.25, -0.2) is 9.97 Å². The molecule has 31 heavy (non-hydrogen) atoms. The molecule has 0 spiro atoms. The Labute approximate surface area is 187 Å². The number of hydrogen-bond donors (Lipinski definition) is 0. The van der Waals surface area contributed by atoms with Gasteiger partial charge in [-0.1, -0.05) is 31.2 Å². The molecule has 1 aromatic rings. The van der Waals surface area contributed by atoms with E-state index in [-0.39, 0.29) is 34.2 Å². The van der Waals surface area contributed by atoms with Crippen molar-refractivity contribution in [3.63, 3.8) is 0 Å². The van der Waals surface area contributed by atoms with Crippen LogP contribution >= 0.6 is 11.8 Å². The first-order valence-corrected chi connectivity index (χ1v) is 12.5. The number of aromatic nitrogens is 2. The molecular weight excluding hydrogens is 408 g/mol. The molecule has 3 fully saturated rings. The molecule has 0 aliphatic heterocycles. The minimum Gasteiger partial charge on any atom is -0.299 e. The summed E-state index contributed by atoms with van der Waals surface area (Å²) in [5.41, 5.74) is 0.791. The van der Waals surface area contributed by atoms with Crippen molar-refractivity contribution in [3.8, 4) is 0 Å². The van der Waals surface area contributed by atoms with E-state index < -0.39 is 0 Å². The monoisotopic (exact) mass is 438 g/mol. The van der Waals surface area contributed by atoms with Crippen molar-refractivity contribution < 1.29 is 14.4 Å². The van der Waals surface area contributed by atoms with E-state index in [0.717, 1.165) is 32.1 Å². The highest BCUT2D eigenvalue weighted by Gasteiger charge is 2.62. The Morgan fingerprint density at radius 2 is 1.90 bits per heavy atom. The summed E-state index contributed by atoms with van der Waals surface area (Å²) in [7, 11) is 0. The van der Waals surface area contributed by atoms with Crippen molar-refractivity contribution in [1.29, 1.82) is 0 Å². The summed E-state index contributed by atoms with van der Waals surface area (Å²) in [5.74, 6) is 1.85. The summed E-state index contributed by atoms with van der Waals surface area (Å²) >= 11 is 1.40. The highest BCUT2D eigenvalue weighted by Crippen LogP contribution is 2.65. The number of allylic oxidation sites excluding steroid dienone is 1. The first-order chi connectivity index (χ1) is 14.8. The topological polar surface area (TPSA) is 77.0 Å². The molecule has 6 atom stereocenters. The third kappa shape index (κ3) is 3.33. The summed E-state index contributed by atoms with van der Waals surface area (Å²) in [6.45, 7) is 4.42. The van der Waals surface area contributed by atoms with Gasteiger partial charge in [-0.05, 0) is 66.9 Å². The van der Waals surface area contributed by atoms with E-state index in [2.05, 4.69) is 23.8 Å². The van der Waals surface area contributed by atoms with Gasteiger partial charge < -0.3 is 0 Å². The van der Waals surface area contributed by atoms with Crippen LogP contribution in [0.2, 0.25) is 0 Å². The van der Waals surface area contributed by atoms with Crippen LogP contribution in [0.3, 0.4) is 0 Å². The molecule has 164 valence electrons. The Morgan fingerprint density at radius 3 is 2.68 bits per heavy atom. The lowest BCUT2D eigenvalue weighted by Gasteiger charge is -2.56. The number of ketones is 3. The third-order valence-electron chi connectivity index (χ3n) is 8.92. The van der Waals surface area contributed by atoms with E-state index in [1.165, 1.54) is 17.3 Å². The Balaban J connectivity index is 1.37. The molecule has 5 nitrogen and oxygen atoms in total. The summed E-state index contributed by atoms with van der Waals surface area (Å²) < 4.78 is 0. The third-order valence-corrected chi connectivity index (χ3v) is 9.82. The van der Waals surface area contributed by atoms with Crippen LogP contribution in [0.1, 0.15) is 58.8 Å². The Bertz CT molecular complexity index is 961. The first kappa shape index (κ1) is 21.0. The molecule has 4 aliphatic carbocycles. The van der Waals surface area contributed by atoms with Crippen LogP contribution in [0.25, 0.3) is 0 Å². The maximum atomic E-state index is 13.6. The van der Waals surface area contributed by atoms with Crippen LogP contribution < -0.4 is 0 Å². The van der Waals surface area contributed by atoms with Crippen molar-refractivity contribution >= 4 is 29.1 Å². The van der Waals surface area contributed by atoms with Gasteiger partial charge in [-0.15, -0.1) is 0 Å². The van der Waals surface area contributed by atoms with Crippen LogP contribution in [0.4, 0.5) is 0 Å². The molecular formula is C25H30N2O3S. The minimum absolute atomic E-state index is 0.0135. The fourth-order valence-corrected chi connectivity index (χ4v) is 8.25. The van der Waals surface area contributed by atoms with Gasteiger partial charge in [0.15, 0.2) is 10.9 Å².